The number of rotatable bonds is 13. The van der Waals surface area contributed by atoms with Crippen molar-refractivity contribution in [2.75, 3.05) is 17.6 Å². The van der Waals surface area contributed by atoms with Gasteiger partial charge in [0.25, 0.3) is 0 Å². The molecule has 12 heteroatoms. The number of hydrogen-bond acceptors (Lipinski definition) is 9. The first-order valence-corrected chi connectivity index (χ1v) is 14.8. The van der Waals surface area contributed by atoms with E-state index in [4.69, 9.17) is 9.47 Å². The molecule has 4 unspecified atom stereocenters. The molecule has 4 atom stereocenters. The summed E-state index contributed by atoms with van der Waals surface area (Å²) < 4.78 is 14.7. The van der Waals surface area contributed by atoms with Crippen LogP contribution in [0.5, 0.6) is 0 Å². The maximum Gasteiger partial charge on any atom is 0.224 e. The summed E-state index contributed by atoms with van der Waals surface area (Å²) in [5.74, 6) is 0.545. The maximum absolute atomic E-state index is 12.6. The fourth-order valence-electron chi connectivity index (χ4n) is 4.65. The first kappa shape index (κ1) is 30.6. The number of thioether (sulfide) groups is 1. The molecule has 4 rings (SSSR count). The highest BCUT2D eigenvalue weighted by atomic mass is 32.2. The van der Waals surface area contributed by atoms with Crippen molar-refractivity contribution in [2.45, 2.75) is 69.8 Å². The number of aliphatic hydroxyl groups is 1. The van der Waals surface area contributed by atoms with E-state index >= 15 is 0 Å². The average molecular weight is 583 g/mol. The van der Waals surface area contributed by atoms with E-state index in [0.717, 1.165) is 36.0 Å². The molecule has 220 valence electrons. The van der Waals surface area contributed by atoms with Crippen LogP contribution < -0.4 is 10.6 Å². The number of aryl methyl sites for hydroxylation is 1. The van der Waals surface area contributed by atoms with Crippen molar-refractivity contribution in [2.24, 2.45) is 13.0 Å². The highest BCUT2D eigenvalue weighted by Gasteiger charge is 2.38. The number of anilines is 1. The summed E-state index contributed by atoms with van der Waals surface area (Å²) in [7, 11) is 1.80. The van der Waals surface area contributed by atoms with Gasteiger partial charge in [0.15, 0.2) is 6.29 Å². The lowest BCUT2D eigenvalue weighted by Crippen LogP contribution is -2.38. The lowest BCUT2D eigenvalue weighted by atomic mass is 9.91. The van der Waals surface area contributed by atoms with E-state index in [1.54, 1.807) is 11.7 Å². The van der Waals surface area contributed by atoms with Gasteiger partial charge >= 0.3 is 0 Å². The van der Waals surface area contributed by atoms with Crippen LogP contribution in [-0.2, 0) is 32.7 Å². The zero-order valence-electron chi connectivity index (χ0n) is 23.7. The Balaban J connectivity index is 1.43. The highest BCUT2D eigenvalue weighted by molar-refractivity contribution is 7.99. The van der Waals surface area contributed by atoms with Crippen LogP contribution in [0.15, 0.2) is 53.7 Å². The molecule has 3 N–H and O–H groups in total. The minimum atomic E-state index is -0.650. The number of hydrogen-bond donors (Lipinski definition) is 3. The smallest absolute Gasteiger partial charge is 0.224 e. The topological polar surface area (TPSA) is 140 Å². The van der Waals surface area contributed by atoms with Crippen molar-refractivity contribution in [3.8, 4) is 0 Å². The van der Waals surface area contributed by atoms with Crippen molar-refractivity contribution >= 4 is 29.3 Å². The third-order valence-corrected chi connectivity index (χ3v) is 8.08. The van der Waals surface area contributed by atoms with Crippen molar-refractivity contribution in [3.05, 3.63) is 65.2 Å². The highest BCUT2D eigenvalue weighted by Crippen LogP contribution is 2.43. The number of carbonyl (C=O) groups excluding carboxylic acids is 2. The van der Waals surface area contributed by atoms with Gasteiger partial charge in [0.1, 0.15) is 0 Å². The number of nitrogens with zero attached hydrogens (tertiary/aromatic N) is 4. The molecule has 2 heterocycles. The van der Waals surface area contributed by atoms with Crippen LogP contribution in [0.25, 0.3) is 0 Å². The van der Waals surface area contributed by atoms with Gasteiger partial charge in [-0.05, 0) is 46.5 Å². The molecule has 11 nitrogen and oxygen atoms in total. The van der Waals surface area contributed by atoms with Gasteiger partial charge in [0.05, 0.1) is 18.8 Å². The number of unbranched alkanes of at least 4 members (excludes halogenated alkanes) is 2. The van der Waals surface area contributed by atoms with Gasteiger partial charge in [-0.1, -0.05) is 61.5 Å². The quantitative estimate of drug-likeness (QED) is 0.202. The van der Waals surface area contributed by atoms with Crippen LogP contribution in [-0.4, -0.2) is 55.5 Å². The summed E-state index contributed by atoms with van der Waals surface area (Å²) in [6, 6.07) is 15.3. The van der Waals surface area contributed by atoms with Crippen LogP contribution in [0, 0.1) is 5.92 Å². The summed E-state index contributed by atoms with van der Waals surface area (Å²) in [5, 5.41) is 27.6. The molecule has 0 saturated carbocycles. The molecule has 1 saturated heterocycles. The molecule has 3 aromatic rings. The Morgan fingerprint density at radius 2 is 1.88 bits per heavy atom. The Morgan fingerprint density at radius 3 is 2.59 bits per heavy atom. The summed E-state index contributed by atoms with van der Waals surface area (Å²) >= 11 is 1.53. The van der Waals surface area contributed by atoms with Gasteiger partial charge in [-0.2, -0.15) is 0 Å². The van der Waals surface area contributed by atoms with Crippen molar-refractivity contribution in [3.63, 3.8) is 0 Å². The number of amides is 2. The lowest BCUT2D eigenvalue weighted by Gasteiger charge is -2.41. The summed E-state index contributed by atoms with van der Waals surface area (Å²) in [6.45, 7) is 4.21. The van der Waals surface area contributed by atoms with Crippen LogP contribution in [0.2, 0.25) is 0 Å². The van der Waals surface area contributed by atoms with E-state index in [9.17, 15) is 14.7 Å². The fourth-order valence-corrected chi connectivity index (χ4v) is 5.66. The molecule has 0 spiro atoms. The van der Waals surface area contributed by atoms with E-state index in [1.807, 2.05) is 48.5 Å². The second-order valence-corrected chi connectivity index (χ2v) is 11.2. The molecule has 0 radical (unpaired) electrons. The Labute approximate surface area is 244 Å². The fraction of sp³-hybridized carbons (Fsp3) is 0.483. The molecule has 0 aliphatic carbocycles. The zero-order chi connectivity index (χ0) is 29.2. The van der Waals surface area contributed by atoms with E-state index in [0.29, 0.717) is 29.6 Å². The predicted octanol–water partition coefficient (Wildman–Crippen LogP) is 3.92. The SMILES string of the molecule is CC(=O)NCCCCCC(=O)Nc1cccc(C2OC(CSc3nnnn3C)C(C)C(c3ccc(CO)cc3)O2)c1. The maximum atomic E-state index is 12.6. The van der Waals surface area contributed by atoms with Crippen molar-refractivity contribution in [1.82, 2.24) is 25.5 Å². The minimum absolute atomic E-state index is 0.0202. The van der Waals surface area contributed by atoms with E-state index in [1.165, 1.54) is 18.7 Å². The zero-order valence-corrected chi connectivity index (χ0v) is 24.5. The monoisotopic (exact) mass is 582 g/mol. The number of aliphatic hydroxyl groups excluding tert-OH is 1. The van der Waals surface area contributed by atoms with Gasteiger partial charge in [-0.3, -0.25) is 9.59 Å². The van der Waals surface area contributed by atoms with Crippen LogP contribution in [0.3, 0.4) is 0 Å². The van der Waals surface area contributed by atoms with Crippen molar-refractivity contribution < 1.29 is 24.2 Å². The normalized spacial score (nSPS) is 20.5. The minimum Gasteiger partial charge on any atom is -0.392 e. The molecule has 1 aromatic heterocycles. The van der Waals surface area contributed by atoms with Gasteiger partial charge in [0, 0.05) is 49.9 Å². The third kappa shape index (κ3) is 8.83. The lowest BCUT2D eigenvalue weighted by molar-refractivity contribution is -0.268. The van der Waals surface area contributed by atoms with Crippen LogP contribution in [0.4, 0.5) is 5.69 Å². The van der Waals surface area contributed by atoms with Gasteiger partial charge in [-0.15, -0.1) is 5.10 Å². The number of aromatic nitrogens is 4. The standard InChI is InChI=1S/C29H38N6O5S/c1-19-25(18-41-29-32-33-34-35(29)3)39-28(40-27(19)22-13-11-21(17-36)12-14-22)23-8-7-9-24(16-23)31-26(38)10-5-4-6-15-30-20(2)37/h7-9,11-14,16,19,25,27-28,36H,4-6,10,15,17-18H2,1-3H3,(H,30,37)(H,31,38). The first-order chi connectivity index (χ1) is 19.8. The van der Waals surface area contributed by atoms with Gasteiger partial charge in [0.2, 0.25) is 17.0 Å². The second-order valence-electron chi connectivity index (χ2n) is 10.2. The Bertz CT molecular complexity index is 1290. The molecule has 1 fully saturated rings. The Hall–Kier alpha value is -3.32. The first-order valence-electron chi connectivity index (χ1n) is 13.8. The third-order valence-electron chi connectivity index (χ3n) is 6.98. The van der Waals surface area contributed by atoms with Crippen molar-refractivity contribution in [1.29, 1.82) is 0 Å². The summed E-state index contributed by atoms with van der Waals surface area (Å²) in [6.07, 6.45) is 1.78. The van der Waals surface area contributed by atoms with E-state index in [-0.39, 0.29) is 36.5 Å². The predicted molar refractivity (Wildman–Crippen MR) is 155 cm³/mol. The van der Waals surface area contributed by atoms with Crippen LogP contribution in [0.1, 0.15) is 68.6 Å². The molecular weight excluding hydrogens is 544 g/mol. The summed E-state index contributed by atoms with van der Waals surface area (Å²) in [4.78, 5) is 23.5. The Kier molecular flexibility index (Phi) is 11.3. The average Bonchev–Trinajstić information content (AvgIpc) is 3.38. The molecule has 0 bridgehead atoms. The molecule has 41 heavy (non-hydrogen) atoms. The molecule has 2 amide bonds. The van der Waals surface area contributed by atoms with Gasteiger partial charge in [-0.25, -0.2) is 4.68 Å². The molecular formula is C29H38N6O5S. The number of carbonyl (C=O) groups is 2. The summed E-state index contributed by atoms with van der Waals surface area (Å²) in [5.41, 5.74) is 3.32. The molecule has 1 aliphatic heterocycles. The molecule has 1 aliphatic rings. The Morgan fingerprint density at radius 1 is 1.07 bits per heavy atom. The molecule has 2 aromatic carbocycles. The number of ether oxygens (including phenoxy) is 2. The van der Waals surface area contributed by atoms with E-state index < -0.39 is 6.29 Å². The largest absolute Gasteiger partial charge is 0.392 e. The second kappa shape index (κ2) is 15.1. The number of benzene rings is 2. The van der Waals surface area contributed by atoms with E-state index in [2.05, 4.69) is 33.1 Å². The van der Waals surface area contributed by atoms with Crippen LogP contribution >= 0.6 is 11.8 Å². The van der Waals surface area contributed by atoms with Gasteiger partial charge < -0.3 is 25.2 Å². The number of tetrazole rings is 1. The number of nitrogens with one attached hydrogen (secondary N) is 2.